The number of hydrazine groups is 1. The number of hydrogen-bond donors (Lipinski definition) is 0. The van der Waals surface area contributed by atoms with Crippen LogP contribution in [-0.2, 0) is 14.4 Å². The van der Waals surface area contributed by atoms with Crippen molar-refractivity contribution in [2.45, 2.75) is 19.8 Å². The van der Waals surface area contributed by atoms with Crippen LogP contribution in [0.4, 0.5) is 11.4 Å². The molecule has 0 spiro atoms. The van der Waals surface area contributed by atoms with Gasteiger partial charge in [-0.3, -0.25) is 14.4 Å². The lowest BCUT2D eigenvalue weighted by Gasteiger charge is -2.27. The Kier molecular flexibility index (Phi) is 4.42. The lowest BCUT2D eigenvalue weighted by molar-refractivity contribution is -0.136. The molecule has 5 heteroatoms. The standard InChI is InChI=1S/C19H18N2O3/c1-2-9-16(22)17-18(23)20(14-10-5-3-6-11-14)21(19(17)24)15-12-7-4-8-13-15/h3-8,10-13,17H,2,9H2,1H3. The van der Waals surface area contributed by atoms with Gasteiger partial charge in [0.15, 0.2) is 11.7 Å². The topological polar surface area (TPSA) is 57.7 Å². The zero-order valence-electron chi connectivity index (χ0n) is 13.4. The number of benzene rings is 2. The minimum atomic E-state index is -1.26. The Balaban J connectivity index is 2.08. The summed E-state index contributed by atoms with van der Waals surface area (Å²) in [6.45, 7) is 1.85. The largest absolute Gasteiger partial charge is 0.298 e. The first-order chi connectivity index (χ1) is 11.6. The van der Waals surface area contributed by atoms with Crippen LogP contribution in [0.15, 0.2) is 60.7 Å². The minimum absolute atomic E-state index is 0.216. The van der Waals surface area contributed by atoms with Crippen molar-refractivity contribution in [2.75, 3.05) is 10.0 Å². The molecule has 5 nitrogen and oxygen atoms in total. The average Bonchev–Trinajstić information content (AvgIpc) is 2.87. The fourth-order valence-electron chi connectivity index (χ4n) is 2.84. The second-order valence-electron chi connectivity index (χ2n) is 5.62. The van der Waals surface area contributed by atoms with E-state index in [1.807, 2.05) is 19.1 Å². The van der Waals surface area contributed by atoms with Gasteiger partial charge in [0, 0.05) is 6.42 Å². The highest BCUT2D eigenvalue weighted by Crippen LogP contribution is 2.32. The highest BCUT2D eigenvalue weighted by Gasteiger charge is 2.50. The third-order valence-corrected chi connectivity index (χ3v) is 3.93. The summed E-state index contributed by atoms with van der Waals surface area (Å²) in [7, 11) is 0. The molecule has 0 unspecified atom stereocenters. The van der Waals surface area contributed by atoms with Crippen molar-refractivity contribution in [1.29, 1.82) is 0 Å². The first-order valence-corrected chi connectivity index (χ1v) is 7.95. The fourth-order valence-corrected chi connectivity index (χ4v) is 2.84. The van der Waals surface area contributed by atoms with Gasteiger partial charge in [-0.15, -0.1) is 0 Å². The summed E-state index contributed by atoms with van der Waals surface area (Å²) in [5, 5.41) is 2.60. The van der Waals surface area contributed by atoms with Crippen molar-refractivity contribution in [3.8, 4) is 0 Å². The van der Waals surface area contributed by atoms with Gasteiger partial charge in [0.2, 0.25) is 0 Å². The van der Waals surface area contributed by atoms with Crippen molar-refractivity contribution in [3.63, 3.8) is 0 Å². The van der Waals surface area contributed by atoms with Gasteiger partial charge in [-0.2, -0.15) is 0 Å². The number of amides is 2. The maximum absolute atomic E-state index is 12.9. The van der Waals surface area contributed by atoms with E-state index < -0.39 is 17.7 Å². The summed E-state index contributed by atoms with van der Waals surface area (Å²) in [6.07, 6.45) is 0.819. The van der Waals surface area contributed by atoms with Gasteiger partial charge in [0.05, 0.1) is 11.4 Å². The Hall–Kier alpha value is -2.95. The Morgan fingerprint density at radius 3 is 1.62 bits per heavy atom. The monoisotopic (exact) mass is 322 g/mol. The third kappa shape index (κ3) is 2.69. The molecule has 0 aliphatic carbocycles. The quantitative estimate of drug-likeness (QED) is 0.795. The van der Waals surface area contributed by atoms with Gasteiger partial charge >= 0.3 is 0 Å². The number of nitrogens with zero attached hydrogens (tertiary/aromatic N) is 2. The molecule has 0 radical (unpaired) electrons. The Labute approximate surface area is 140 Å². The molecule has 1 fully saturated rings. The van der Waals surface area contributed by atoms with Crippen molar-refractivity contribution in [3.05, 3.63) is 60.7 Å². The zero-order valence-corrected chi connectivity index (χ0v) is 13.4. The number of Topliss-reactive ketones (excluding diaryl/α,β-unsaturated/α-hetero) is 1. The van der Waals surface area contributed by atoms with Crippen LogP contribution in [0.1, 0.15) is 19.8 Å². The predicted octanol–water partition coefficient (Wildman–Crippen LogP) is 2.97. The summed E-state index contributed by atoms with van der Waals surface area (Å²) >= 11 is 0. The molecule has 0 atom stereocenters. The molecule has 0 aromatic heterocycles. The van der Waals surface area contributed by atoms with Gasteiger partial charge in [-0.25, -0.2) is 10.0 Å². The second-order valence-corrected chi connectivity index (χ2v) is 5.62. The molecule has 122 valence electrons. The molecular weight excluding hydrogens is 304 g/mol. The van der Waals surface area contributed by atoms with Crippen molar-refractivity contribution in [1.82, 2.24) is 0 Å². The molecule has 1 heterocycles. The van der Waals surface area contributed by atoms with E-state index in [0.29, 0.717) is 17.8 Å². The third-order valence-electron chi connectivity index (χ3n) is 3.93. The van der Waals surface area contributed by atoms with Crippen LogP contribution in [0.3, 0.4) is 0 Å². The Bertz CT molecular complexity index is 701. The van der Waals surface area contributed by atoms with E-state index in [2.05, 4.69) is 0 Å². The molecule has 2 amide bonds. The molecule has 1 aliphatic rings. The summed E-state index contributed by atoms with van der Waals surface area (Å²) in [6, 6.07) is 17.8. The van der Waals surface area contributed by atoms with E-state index in [9.17, 15) is 14.4 Å². The number of hydrogen-bond acceptors (Lipinski definition) is 3. The number of carbonyl (C=O) groups excluding carboxylic acids is 3. The van der Waals surface area contributed by atoms with E-state index in [-0.39, 0.29) is 12.2 Å². The first kappa shape index (κ1) is 15.9. The number of anilines is 2. The van der Waals surface area contributed by atoms with Crippen LogP contribution in [0.2, 0.25) is 0 Å². The van der Waals surface area contributed by atoms with Gasteiger partial charge in [-0.1, -0.05) is 43.3 Å². The normalized spacial score (nSPS) is 15.2. The van der Waals surface area contributed by atoms with Crippen LogP contribution in [0.25, 0.3) is 0 Å². The molecule has 2 aromatic rings. The lowest BCUT2D eigenvalue weighted by Crippen LogP contribution is -2.41. The highest BCUT2D eigenvalue weighted by molar-refractivity contribution is 6.32. The molecule has 1 saturated heterocycles. The molecule has 0 bridgehead atoms. The average molecular weight is 322 g/mol. The predicted molar refractivity (Wildman–Crippen MR) is 91.3 cm³/mol. The number of ketones is 1. The maximum Gasteiger partial charge on any atom is 0.266 e. The van der Waals surface area contributed by atoms with Crippen LogP contribution < -0.4 is 10.0 Å². The summed E-state index contributed by atoms with van der Waals surface area (Å²) in [5.74, 6) is -2.57. The zero-order chi connectivity index (χ0) is 17.1. The minimum Gasteiger partial charge on any atom is -0.298 e. The summed E-state index contributed by atoms with van der Waals surface area (Å²) in [5.41, 5.74) is 1.12. The van der Waals surface area contributed by atoms with E-state index in [4.69, 9.17) is 0 Å². The highest BCUT2D eigenvalue weighted by atomic mass is 16.2. The van der Waals surface area contributed by atoms with E-state index in [0.717, 1.165) is 0 Å². The molecule has 3 rings (SSSR count). The molecular formula is C19H18N2O3. The van der Waals surface area contributed by atoms with Crippen LogP contribution in [-0.4, -0.2) is 17.6 Å². The fraction of sp³-hybridized carbons (Fsp3) is 0.211. The van der Waals surface area contributed by atoms with Gasteiger partial charge in [0.1, 0.15) is 0 Å². The van der Waals surface area contributed by atoms with Crippen LogP contribution >= 0.6 is 0 Å². The van der Waals surface area contributed by atoms with Gasteiger partial charge < -0.3 is 0 Å². The second kappa shape index (κ2) is 6.66. The smallest absolute Gasteiger partial charge is 0.266 e. The number of para-hydroxylation sites is 2. The number of carbonyl (C=O) groups is 3. The maximum atomic E-state index is 12.9. The summed E-state index contributed by atoms with van der Waals surface area (Å²) in [4.78, 5) is 38.0. The van der Waals surface area contributed by atoms with Crippen LogP contribution in [0, 0.1) is 5.92 Å². The van der Waals surface area contributed by atoms with Gasteiger partial charge in [0.25, 0.3) is 11.8 Å². The van der Waals surface area contributed by atoms with Crippen molar-refractivity contribution in [2.24, 2.45) is 5.92 Å². The Morgan fingerprint density at radius 1 is 0.833 bits per heavy atom. The van der Waals surface area contributed by atoms with E-state index >= 15 is 0 Å². The molecule has 2 aromatic carbocycles. The molecule has 0 N–H and O–H groups in total. The molecule has 24 heavy (non-hydrogen) atoms. The lowest BCUT2D eigenvalue weighted by atomic mass is 10.00. The summed E-state index contributed by atoms with van der Waals surface area (Å²) < 4.78 is 0. The van der Waals surface area contributed by atoms with E-state index in [1.165, 1.54) is 10.0 Å². The molecule has 1 aliphatic heterocycles. The van der Waals surface area contributed by atoms with Crippen molar-refractivity contribution >= 4 is 29.0 Å². The number of rotatable bonds is 5. The molecule has 0 saturated carbocycles. The van der Waals surface area contributed by atoms with E-state index in [1.54, 1.807) is 48.5 Å². The SMILES string of the molecule is CCCC(=O)C1C(=O)N(c2ccccc2)N(c2ccccc2)C1=O. The van der Waals surface area contributed by atoms with Crippen molar-refractivity contribution < 1.29 is 14.4 Å². The Morgan fingerprint density at radius 2 is 1.25 bits per heavy atom. The van der Waals surface area contributed by atoms with Gasteiger partial charge in [-0.05, 0) is 30.7 Å². The van der Waals surface area contributed by atoms with Crippen LogP contribution in [0.5, 0.6) is 0 Å². The first-order valence-electron chi connectivity index (χ1n) is 7.95.